The van der Waals surface area contributed by atoms with Gasteiger partial charge in [0, 0.05) is 5.69 Å². The molecule has 4 rings (SSSR count). The number of hydrogen-bond acceptors (Lipinski definition) is 4. The molecular weight excluding hydrogens is 412 g/mol. The number of aryl methyl sites for hydroxylation is 2. The highest BCUT2D eigenvalue weighted by atomic mass is 16.5. The van der Waals surface area contributed by atoms with Gasteiger partial charge in [-0.05, 0) is 61.7 Å². The third-order valence-corrected chi connectivity index (χ3v) is 5.42. The minimum Gasteiger partial charge on any atom is -0.493 e. The van der Waals surface area contributed by atoms with Gasteiger partial charge >= 0.3 is 0 Å². The van der Waals surface area contributed by atoms with E-state index in [4.69, 9.17) is 4.74 Å². The van der Waals surface area contributed by atoms with E-state index in [1.165, 1.54) is 4.90 Å². The summed E-state index contributed by atoms with van der Waals surface area (Å²) in [6, 6.07) is 22.4. The summed E-state index contributed by atoms with van der Waals surface area (Å²) >= 11 is 0. The number of ether oxygens (including phenoxy) is 1. The van der Waals surface area contributed by atoms with Crippen molar-refractivity contribution in [1.29, 1.82) is 0 Å². The predicted octanol–water partition coefficient (Wildman–Crippen LogP) is 5.73. The fourth-order valence-corrected chi connectivity index (χ4v) is 3.60. The van der Waals surface area contributed by atoms with Crippen LogP contribution in [0.3, 0.4) is 0 Å². The Morgan fingerprint density at radius 1 is 0.788 bits per heavy atom. The number of anilines is 2. The van der Waals surface area contributed by atoms with Crippen molar-refractivity contribution in [2.45, 2.75) is 27.7 Å². The van der Waals surface area contributed by atoms with E-state index in [0.29, 0.717) is 35.1 Å². The van der Waals surface area contributed by atoms with E-state index in [-0.39, 0.29) is 17.5 Å². The third-order valence-electron chi connectivity index (χ3n) is 5.42. The van der Waals surface area contributed by atoms with Gasteiger partial charge in [-0.2, -0.15) is 0 Å². The minimum absolute atomic E-state index is 0.271. The molecule has 0 saturated carbocycles. The summed E-state index contributed by atoms with van der Waals surface area (Å²) in [6.07, 6.45) is 0. The topological polar surface area (TPSA) is 58.6 Å². The average Bonchev–Trinajstić information content (AvgIpc) is 3.04. The second kappa shape index (κ2) is 9.33. The maximum atomic E-state index is 13.5. The van der Waals surface area contributed by atoms with Gasteiger partial charge in [0.1, 0.15) is 11.4 Å². The van der Waals surface area contributed by atoms with Gasteiger partial charge in [0.05, 0.1) is 17.9 Å². The van der Waals surface area contributed by atoms with Crippen LogP contribution in [0.5, 0.6) is 5.75 Å². The zero-order valence-corrected chi connectivity index (χ0v) is 19.4. The first-order chi connectivity index (χ1) is 15.8. The Kier molecular flexibility index (Phi) is 6.31. The first-order valence-electron chi connectivity index (χ1n) is 11.1. The Bertz CT molecular complexity index is 1190. The second-order valence-electron chi connectivity index (χ2n) is 8.75. The van der Waals surface area contributed by atoms with Crippen LogP contribution < -0.4 is 15.0 Å². The number of hydrogen-bond donors (Lipinski definition) is 1. The molecule has 1 N–H and O–H groups in total. The number of benzene rings is 3. The molecule has 1 aliphatic rings. The van der Waals surface area contributed by atoms with Gasteiger partial charge in [-0.1, -0.05) is 61.4 Å². The number of rotatable bonds is 7. The molecule has 5 heteroatoms. The van der Waals surface area contributed by atoms with Crippen LogP contribution in [0.4, 0.5) is 11.4 Å². The maximum Gasteiger partial charge on any atom is 0.282 e. The largest absolute Gasteiger partial charge is 0.493 e. The first kappa shape index (κ1) is 22.3. The molecule has 1 aliphatic heterocycles. The summed E-state index contributed by atoms with van der Waals surface area (Å²) in [7, 11) is 0. The van der Waals surface area contributed by atoms with Crippen molar-refractivity contribution in [2.24, 2.45) is 5.92 Å². The molecule has 5 nitrogen and oxygen atoms in total. The molecule has 1 heterocycles. The molecule has 0 bridgehead atoms. The molecule has 0 unspecified atom stereocenters. The minimum atomic E-state index is -0.382. The van der Waals surface area contributed by atoms with Gasteiger partial charge in [0.25, 0.3) is 11.8 Å². The summed E-state index contributed by atoms with van der Waals surface area (Å²) in [4.78, 5) is 28.2. The van der Waals surface area contributed by atoms with Crippen LogP contribution in [0.1, 0.15) is 30.5 Å². The van der Waals surface area contributed by atoms with Crippen molar-refractivity contribution in [1.82, 2.24) is 0 Å². The van der Waals surface area contributed by atoms with Crippen molar-refractivity contribution >= 4 is 28.8 Å². The van der Waals surface area contributed by atoms with Gasteiger partial charge in [0.15, 0.2) is 0 Å². The van der Waals surface area contributed by atoms with Crippen LogP contribution >= 0.6 is 0 Å². The van der Waals surface area contributed by atoms with Crippen molar-refractivity contribution in [2.75, 3.05) is 16.8 Å². The summed E-state index contributed by atoms with van der Waals surface area (Å²) in [6.45, 7) is 8.75. The van der Waals surface area contributed by atoms with E-state index in [1.54, 1.807) is 24.3 Å². The molecule has 3 aromatic rings. The number of carbonyl (C=O) groups excluding carboxylic acids is 2. The molecule has 0 spiro atoms. The van der Waals surface area contributed by atoms with E-state index in [1.807, 2.05) is 62.4 Å². The molecule has 0 aromatic heterocycles. The quantitative estimate of drug-likeness (QED) is 0.476. The van der Waals surface area contributed by atoms with Gasteiger partial charge in [-0.3, -0.25) is 9.59 Å². The Morgan fingerprint density at radius 3 is 1.94 bits per heavy atom. The third kappa shape index (κ3) is 4.82. The van der Waals surface area contributed by atoms with Gasteiger partial charge in [0.2, 0.25) is 0 Å². The number of nitrogens with zero attached hydrogens (tertiary/aromatic N) is 1. The van der Waals surface area contributed by atoms with Gasteiger partial charge in [-0.25, -0.2) is 4.90 Å². The van der Waals surface area contributed by atoms with E-state index in [2.05, 4.69) is 19.2 Å². The molecule has 0 aliphatic carbocycles. The fraction of sp³-hybridized carbons (Fsp3) is 0.214. The summed E-state index contributed by atoms with van der Waals surface area (Å²) in [5.74, 6) is 0.376. The lowest BCUT2D eigenvalue weighted by Gasteiger charge is -2.16. The second-order valence-corrected chi connectivity index (χ2v) is 8.75. The lowest BCUT2D eigenvalue weighted by molar-refractivity contribution is -0.120. The van der Waals surface area contributed by atoms with Crippen LogP contribution in [0.2, 0.25) is 0 Å². The summed E-state index contributed by atoms with van der Waals surface area (Å²) in [5.41, 5.74) is 4.79. The van der Waals surface area contributed by atoms with Crippen LogP contribution in [0.25, 0.3) is 5.57 Å². The molecule has 0 radical (unpaired) electrons. The highest BCUT2D eigenvalue weighted by Gasteiger charge is 2.40. The lowest BCUT2D eigenvalue weighted by atomic mass is 10.0. The van der Waals surface area contributed by atoms with Crippen molar-refractivity contribution in [3.05, 3.63) is 95.2 Å². The molecule has 0 atom stereocenters. The monoisotopic (exact) mass is 440 g/mol. The Hall–Kier alpha value is -3.86. The average molecular weight is 441 g/mol. The summed E-state index contributed by atoms with van der Waals surface area (Å²) < 4.78 is 5.74. The van der Waals surface area contributed by atoms with Crippen molar-refractivity contribution in [3.63, 3.8) is 0 Å². The molecule has 33 heavy (non-hydrogen) atoms. The predicted molar refractivity (Wildman–Crippen MR) is 132 cm³/mol. The van der Waals surface area contributed by atoms with E-state index >= 15 is 0 Å². The molecule has 2 amide bonds. The molecular formula is C28H28N2O3. The fourth-order valence-electron chi connectivity index (χ4n) is 3.60. The van der Waals surface area contributed by atoms with Crippen molar-refractivity contribution in [3.8, 4) is 5.75 Å². The number of carbonyl (C=O) groups is 2. The molecule has 0 fully saturated rings. The molecule has 168 valence electrons. The SMILES string of the molecule is Cc1ccc(NC2=C(c3ccc(C)cc3)C(=O)N(c3ccc(OCC(C)C)cc3)C2=O)cc1. The Balaban J connectivity index is 1.69. The zero-order valence-electron chi connectivity index (χ0n) is 19.4. The highest BCUT2D eigenvalue weighted by molar-refractivity contribution is 6.46. The van der Waals surface area contributed by atoms with Crippen LogP contribution in [0.15, 0.2) is 78.5 Å². The number of amides is 2. The Labute approximate surface area is 194 Å². The van der Waals surface area contributed by atoms with Crippen LogP contribution in [0, 0.1) is 19.8 Å². The van der Waals surface area contributed by atoms with E-state index in [9.17, 15) is 9.59 Å². The normalized spacial score (nSPS) is 13.8. The van der Waals surface area contributed by atoms with E-state index in [0.717, 1.165) is 16.8 Å². The number of imide groups is 1. The maximum absolute atomic E-state index is 13.5. The first-order valence-corrected chi connectivity index (χ1v) is 11.1. The van der Waals surface area contributed by atoms with Crippen molar-refractivity contribution < 1.29 is 14.3 Å². The van der Waals surface area contributed by atoms with Gasteiger partial charge < -0.3 is 10.1 Å². The standard InChI is InChI=1S/C28H28N2O3/c1-18(2)17-33-24-15-13-23(14-16-24)30-27(31)25(21-9-5-19(3)6-10-21)26(28(30)32)29-22-11-7-20(4)8-12-22/h5-16,18,29H,17H2,1-4H3. The smallest absolute Gasteiger partial charge is 0.282 e. The lowest BCUT2D eigenvalue weighted by Crippen LogP contribution is -2.32. The Morgan fingerprint density at radius 2 is 1.36 bits per heavy atom. The highest BCUT2D eigenvalue weighted by Crippen LogP contribution is 2.34. The molecule has 3 aromatic carbocycles. The molecule has 0 saturated heterocycles. The van der Waals surface area contributed by atoms with E-state index < -0.39 is 0 Å². The van der Waals surface area contributed by atoms with Crippen LogP contribution in [-0.2, 0) is 9.59 Å². The summed E-state index contributed by atoms with van der Waals surface area (Å²) in [5, 5.41) is 3.20. The zero-order chi connectivity index (χ0) is 23.5. The van der Waals surface area contributed by atoms with Crippen LogP contribution in [-0.4, -0.2) is 18.4 Å². The number of nitrogens with one attached hydrogen (secondary N) is 1. The van der Waals surface area contributed by atoms with Gasteiger partial charge in [-0.15, -0.1) is 0 Å².